The van der Waals surface area contributed by atoms with Crippen molar-refractivity contribution >= 4 is 5.91 Å². The highest BCUT2D eigenvalue weighted by atomic mass is 16.5. The summed E-state index contributed by atoms with van der Waals surface area (Å²) in [5, 5.41) is 10.2. The van der Waals surface area contributed by atoms with E-state index >= 15 is 0 Å². The monoisotopic (exact) mass is 326 g/mol. The van der Waals surface area contributed by atoms with Crippen LogP contribution < -0.4 is 5.32 Å². The number of carbonyl (C=O) groups excluding carboxylic acids is 1. The van der Waals surface area contributed by atoms with Gasteiger partial charge in [0.25, 0.3) is 5.91 Å². The van der Waals surface area contributed by atoms with Gasteiger partial charge in [-0.3, -0.25) is 9.89 Å². The normalized spacial score (nSPS) is 20.8. The first kappa shape index (κ1) is 15.3. The molecule has 2 heterocycles. The number of ether oxygens (including phenoxy) is 1. The summed E-state index contributed by atoms with van der Waals surface area (Å²) < 4.78 is 5.63. The van der Waals surface area contributed by atoms with Crippen molar-refractivity contribution in [3.63, 3.8) is 0 Å². The van der Waals surface area contributed by atoms with Gasteiger partial charge in [0.2, 0.25) is 0 Å². The van der Waals surface area contributed by atoms with Crippen molar-refractivity contribution in [1.82, 2.24) is 20.5 Å². The van der Waals surface area contributed by atoms with Gasteiger partial charge in [-0.25, -0.2) is 4.98 Å². The predicted octanol–water partition coefficient (Wildman–Crippen LogP) is 2.65. The van der Waals surface area contributed by atoms with Crippen LogP contribution in [0.3, 0.4) is 0 Å². The number of aromatic nitrogens is 3. The standard InChI is InChI=1S/C18H22N4O2/c23-18(19-11-15-3-1-2-10-24-15)14-8-6-13(7-9-14)17-20-16(21-22-17)12-4-5-12/h6-9,12,15H,1-5,10-11H2,(H,19,23)(H,20,21,22)/t15-/m1/s1. The summed E-state index contributed by atoms with van der Waals surface area (Å²) in [6.45, 7) is 1.38. The number of nitrogens with zero attached hydrogens (tertiary/aromatic N) is 2. The fraction of sp³-hybridized carbons (Fsp3) is 0.500. The fourth-order valence-electron chi connectivity index (χ4n) is 2.99. The van der Waals surface area contributed by atoms with Crippen LogP contribution in [0.15, 0.2) is 24.3 Å². The van der Waals surface area contributed by atoms with E-state index in [2.05, 4.69) is 20.5 Å². The van der Waals surface area contributed by atoms with Crippen molar-refractivity contribution in [2.75, 3.05) is 13.2 Å². The maximum Gasteiger partial charge on any atom is 0.251 e. The number of carbonyl (C=O) groups is 1. The third-order valence-corrected chi connectivity index (χ3v) is 4.64. The van der Waals surface area contributed by atoms with E-state index in [0.717, 1.165) is 30.8 Å². The summed E-state index contributed by atoms with van der Waals surface area (Å²) in [6.07, 6.45) is 5.85. The highest BCUT2D eigenvalue weighted by molar-refractivity contribution is 5.94. The van der Waals surface area contributed by atoms with Gasteiger partial charge in [-0.05, 0) is 44.2 Å². The van der Waals surface area contributed by atoms with Gasteiger partial charge in [-0.1, -0.05) is 12.1 Å². The maximum absolute atomic E-state index is 12.2. The van der Waals surface area contributed by atoms with E-state index < -0.39 is 0 Å². The van der Waals surface area contributed by atoms with Gasteiger partial charge < -0.3 is 10.1 Å². The van der Waals surface area contributed by atoms with Crippen molar-refractivity contribution in [1.29, 1.82) is 0 Å². The molecular weight excluding hydrogens is 304 g/mol. The van der Waals surface area contributed by atoms with Crippen molar-refractivity contribution in [2.45, 2.75) is 44.1 Å². The Morgan fingerprint density at radius 3 is 2.75 bits per heavy atom. The summed E-state index contributed by atoms with van der Waals surface area (Å²) in [5.74, 6) is 2.15. The fourth-order valence-corrected chi connectivity index (χ4v) is 2.99. The highest BCUT2D eigenvalue weighted by Gasteiger charge is 2.27. The number of hydrogen-bond acceptors (Lipinski definition) is 4. The van der Waals surface area contributed by atoms with E-state index in [0.29, 0.717) is 23.9 Å². The molecular formula is C18H22N4O2. The second-order valence-electron chi connectivity index (χ2n) is 6.59. The van der Waals surface area contributed by atoms with Crippen LogP contribution in [0.5, 0.6) is 0 Å². The lowest BCUT2D eigenvalue weighted by Gasteiger charge is -2.22. The summed E-state index contributed by atoms with van der Waals surface area (Å²) in [7, 11) is 0. The smallest absolute Gasteiger partial charge is 0.251 e. The van der Waals surface area contributed by atoms with Crippen molar-refractivity contribution in [2.24, 2.45) is 0 Å². The first-order chi connectivity index (χ1) is 11.8. The second-order valence-corrected chi connectivity index (χ2v) is 6.59. The van der Waals surface area contributed by atoms with Gasteiger partial charge in [0.05, 0.1) is 6.10 Å². The van der Waals surface area contributed by atoms with Crippen molar-refractivity contribution < 1.29 is 9.53 Å². The molecule has 0 spiro atoms. The molecule has 6 heteroatoms. The molecule has 1 aliphatic carbocycles. The number of benzene rings is 1. The molecule has 2 aliphatic rings. The van der Waals surface area contributed by atoms with Gasteiger partial charge in [0.15, 0.2) is 5.82 Å². The van der Waals surface area contributed by atoms with Crippen LogP contribution in [0.2, 0.25) is 0 Å². The average Bonchev–Trinajstić information content (AvgIpc) is 3.38. The summed E-state index contributed by atoms with van der Waals surface area (Å²) in [4.78, 5) is 16.8. The number of rotatable bonds is 5. The molecule has 1 aliphatic heterocycles. The Balaban J connectivity index is 1.36. The van der Waals surface area contributed by atoms with E-state index in [1.165, 1.54) is 19.3 Å². The third-order valence-electron chi connectivity index (χ3n) is 4.64. The Kier molecular flexibility index (Phi) is 4.30. The molecule has 1 atom stereocenters. The van der Waals surface area contributed by atoms with Gasteiger partial charge in [-0.15, -0.1) is 0 Å². The molecule has 0 radical (unpaired) electrons. The molecule has 6 nitrogen and oxygen atoms in total. The molecule has 1 saturated carbocycles. The first-order valence-corrected chi connectivity index (χ1v) is 8.72. The number of aromatic amines is 1. The van der Waals surface area contributed by atoms with Crippen LogP contribution in [-0.4, -0.2) is 40.3 Å². The molecule has 4 rings (SSSR count). The summed E-state index contributed by atoms with van der Waals surface area (Å²) in [6, 6.07) is 7.43. The topological polar surface area (TPSA) is 79.9 Å². The minimum Gasteiger partial charge on any atom is -0.376 e. The van der Waals surface area contributed by atoms with Crippen LogP contribution in [0.25, 0.3) is 11.4 Å². The molecule has 0 unspecified atom stereocenters. The molecule has 24 heavy (non-hydrogen) atoms. The Labute approximate surface area is 141 Å². The quantitative estimate of drug-likeness (QED) is 0.885. The zero-order valence-electron chi connectivity index (χ0n) is 13.6. The van der Waals surface area contributed by atoms with E-state index in [1.54, 1.807) is 0 Å². The zero-order valence-corrected chi connectivity index (χ0v) is 13.6. The highest BCUT2D eigenvalue weighted by Crippen LogP contribution is 2.38. The summed E-state index contributed by atoms with van der Waals surface area (Å²) >= 11 is 0. The SMILES string of the molecule is O=C(NC[C@H]1CCCCO1)c1ccc(-c2n[nH]c(C3CC3)n2)cc1. The number of hydrogen-bond donors (Lipinski definition) is 2. The second kappa shape index (κ2) is 6.73. The van der Waals surface area contributed by atoms with E-state index in [-0.39, 0.29) is 12.0 Å². The summed E-state index contributed by atoms with van der Waals surface area (Å²) in [5.41, 5.74) is 1.57. The third kappa shape index (κ3) is 3.48. The molecule has 2 fully saturated rings. The van der Waals surface area contributed by atoms with Gasteiger partial charge in [0.1, 0.15) is 5.82 Å². The lowest BCUT2D eigenvalue weighted by Crippen LogP contribution is -2.35. The Bertz CT molecular complexity index is 700. The average molecular weight is 326 g/mol. The number of H-pyrrole nitrogens is 1. The lowest BCUT2D eigenvalue weighted by molar-refractivity contribution is 0.0169. The van der Waals surface area contributed by atoms with Crippen molar-refractivity contribution in [3.8, 4) is 11.4 Å². The molecule has 2 N–H and O–H groups in total. The lowest BCUT2D eigenvalue weighted by atomic mass is 10.1. The molecule has 0 bridgehead atoms. The zero-order chi connectivity index (χ0) is 16.4. The number of nitrogens with one attached hydrogen (secondary N) is 2. The molecule has 1 aromatic heterocycles. The largest absolute Gasteiger partial charge is 0.376 e. The van der Waals surface area contributed by atoms with Crippen LogP contribution in [0, 0.1) is 0 Å². The van der Waals surface area contributed by atoms with Crippen LogP contribution >= 0.6 is 0 Å². The minimum absolute atomic E-state index is 0.0654. The Hall–Kier alpha value is -2.21. The Morgan fingerprint density at radius 1 is 1.21 bits per heavy atom. The molecule has 2 aromatic rings. The number of amides is 1. The molecule has 1 saturated heterocycles. The van der Waals surface area contributed by atoms with Gasteiger partial charge in [-0.2, -0.15) is 5.10 Å². The maximum atomic E-state index is 12.2. The van der Waals surface area contributed by atoms with E-state index in [1.807, 2.05) is 24.3 Å². The predicted molar refractivity (Wildman–Crippen MR) is 89.7 cm³/mol. The molecule has 1 aromatic carbocycles. The van der Waals surface area contributed by atoms with E-state index in [9.17, 15) is 4.79 Å². The first-order valence-electron chi connectivity index (χ1n) is 8.72. The molecule has 1 amide bonds. The van der Waals surface area contributed by atoms with Crippen LogP contribution in [0.4, 0.5) is 0 Å². The van der Waals surface area contributed by atoms with Crippen molar-refractivity contribution in [3.05, 3.63) is 35.7 Å². The Morgan fingerprint density at radius 2 is 2.04 bits per heavy atom. The van der Waals surface area contributed by atoms with Crippen LogP contribution in [-0.2, 0) is 4.74 Å². The van der Waals surface area contributed by atoms with E-state index in [4.69, 9.17) is 4.74 Å². The molecule has 126 valence electrons. The van der Waals surface area contributed by atoms with Gasteiger partial charge >= 0.3 is 0 Å². The minimum atomic E-state index is -0.0654. The van der Waals surface area contributed by atoms with Gasteiger partial charge in [0, 0.05) is 30.2 Å². The van der Waals surface area contributed by atoms with Crippen LogP contribution in [0.1, 0.15) is 54.2 Å².